The van der Waals surface area contributed by atoms with Crippen molar-refractivity contribution in [2.75, 3.05) is 12.4 Å². The average Bonchev–Trinajstić information content (AvgIpc) is 2.67. The van der Waals surface area contributed by atoms with E-state index in [1.807, 2.05) is 0 Å². The summed E-state index contributed by atoms with van der Waals surface area (Å²) in [6, 6.07) is 0. The van der Waals surface area contributed by atoms with Crippen LogP contribution in [0, 0.1) is 0 Å². The minimum atomic E-state index is -3.08. The van der Waals surface area contributed by atoms with E-state index in [-0.39, 0.29) is 12.4 Å². The van der Waals surface area contributed by atoms with Crippen LogP contribution in [0.3, 0.4) is 0 Å². The second-order valence-electron chi connectivity index (χ2n) is 2.21. The predicted octanol–water partition coefficient (Wildman–Crippen LogP) is 0.334. The summed E-state index contributed by atoms with van der Waals surface area (Å²) in [5, 5.41) is 0. The molecule has 0 radical (unpaired) electrons. The molecule has 0 N–H and O–H groups in total. The second kappa shape index (κ2) is 2.07. The third kappa shape index (κ3) is 0.876. The molecule has 1 fully saturated rings. The summed E-state index contributed by atoms with van der Waals surface area (Å²) in [7, 11) is -3.08. The standard InChI is InChI=1S/C6H10O3S/c1-3-6(5-9-6)10(7,8)4-2/h3H,1,4-5H2,2H3/t6-/m1/s1. The van der Waals surface area contributed by atoms with Gasteiger partial charge in [-0.3, -0.25) is 0 Å². The predicted molar refractivity (Wildman–Crippen MR) is 38.3 cm³/mol. The van der Waals surface area contributed by atoms with Crippen LogP contribution in [0.1, 0.15) is 6.92 Å². The maximum atomic E-state index is 11.1. The fourth-order valence-corrected chi connectivity index (χ4v) is 1.90. The lowest BCUT2D eigenvalue weighted by Crippen LogP contribution is -2.23. The number of hydrogen-bond donors (Lipinski definition) is 0. The first-order valence-electron chi connectivity index (χ1n) is 3.08. The Morgan fingerprint density at radius 2 is 2.30 bits per heavy atom. The van der Waals surface area contributed by atoms with Crippen molar-refractivity contribution in [2.24, 2.45) is 0 Å². The van der Waals surface area contributed by atoms with Crippen LogP contribution < -0.4 is 0 Å². The zero-order valence-corrected chi connectivity index (χ0v) is 6.65. The minimum Gasteiger partial charge on any atom is -0.349 e. The molecule has 0 spiro atoms. The van der Waals surface area contributed by atoms with Crippen LogP contribution in [0.4, 0.5) is 0 Å². The van der Waals surface area contributed by atoms with Gasteiger partial charge in [-0.2, -0.15) is 0 Å². The highest BCUT2D eigenvalue weighted by Gasteiger charge is 2.53. The van der Waals surface area contributed by atoms with Crippen molar-refractivity contribution in [3.05, 3.63) is 12.7 Å². The van der Waals surface area contributed by atoms with E-state index in [1.165, 1.54) is 6.08 Å². The SMILES string of the molecule is C=C[C@@]1(S(=O)(=O)CC)CO1. The van der Waals surface area contributed by atoms with Gasteiger partial charge in [-0.25, -0.2) is 8.42 Å². The largest absolute Gasteiger partial charge is 0.349 e. The van der Waals surface area contributed by atoms with Crippen molar-refractivity contribution >= 4 is 9.84 Å². The van der Waals surface area contributed by atoms with Gasteiger partial charge in [0.25, 0.3) is 0 Å². The zero-order valence-electron chi connectivity index (χ0n) is 5.83. The Bertz CT molecular complexity index is 236. The van der Waals surface area contributed by atoms with Crippen molar-refractivity contribution in [3.63, 3.8) is 0 Å². The molecule has 1 aliphatic heterocycles. The molecule has 1 heterocycles. The lowest BCUT2D eigenvalue weighted by atomic mass is 10.5. The molecule has 58 valence electrons. The molecule has 10 heavy (non-hydrogen) atoms. The van der Waals surface area contributed by atoms with Crippen LogP contribution >= 0.6 is 0 Å². The molecule has 4 heteroatoms. The Balaban J connectivity index is 2.93. The Morgan fingerprint density at radius 1 is 1.80 bits per heavy atom. The topological polar surface area (TPSA) is 46.7 Å². The van der Waals surface area contributed by atoms with E-state index >= 15 is 0 Å². The van der Waals surface area contributed by atoms with Gasteiger partial charge in [0.05, 0.1) is 12.4 Å². The normalized spacial score (nSPS) is 31.7. The Kier molecular flexibility index (Phi) is 1.60. The Morgan fingerprint density at radius 3 is 2.40 bits per heavy atom. The van der Waals surface area contributed by atoms with Gasteiger partial charge < -0.3 is 4.74 Å². The van der Waals surface area contributed by atoms with Crippen LogP contribution in [-0.4, -0.2) is 25.7 Å². The zero-order chi connectivity index (χ0) is 7.83. The number of rotatable bonds is 3. The van der Waals surface area contributed by atoms with Crippen molar-refractivity contribution in [2.45, 2.75) is 11.9 Å². The third-order valence-corrected chi connectivity index (χ3v) is 3.86. The average molecular weight is 162 g/mol. The summed E-state index contributed by atoms with van der Waals surface area (Å²) >= 11 is 0. The molecule has 3 nitrogen and oxygen atoms in total. The summed E-state index contributed by atoms with van der Waals surface area (Å²) in [5.41, 5.74) is 0. The van der Waals surface area contributed by atoms with E-state index in [0.717, 1.165) is 0 Å². The third-order valence-electron chi connectivity index (χ3n) is 1.65. The van der Waals surface area contributed by atoms with Gasteiger partial charge in [0.2, 0.25) is 4.93 Å². The van der Waals surface area contributed by atoms with E-state index in [1.54, 1.807) is 6.92 Å². The molecule has 1 saturated heterocycles. The van der Waals surface area contributed by atoms with Crippen molar-refractivity contribution in [3.8, 4) is 0 Å². The van der Waals surface area contributed by atoms with Crippen molar-refractivity contribution in [1.82, 2.24) is 0 Å². The van der Waals surface area contributed by atoms with Gasteiger partial charge in [-0.05, 0) is 6.08 Å². The van der Waals surface area contributed by atoms with Gasteiger partial charge in [0, 0.05) is 0 Å². The van der Waals surface area contributed by atoms with Crippen LogP contribution in [-0.2, 0) is 14.6 Å². The molecular weight excluding hydrogens is 152 g/mol. The van der Waals surface area contributed by atoms with E-state index in [2.05, 4.69) is 6.58 Å². The smallest absolute Gasteiger partial charge is 0.210 e. The summed E-state index contributed by atoms with van der Waals surface area (Å²) in [6.45, 7) is 5.27. The highest BCUT2D eigenvalue weighted by atomic mass is 32.2. The highest BCUT2D eigenvalue weighted by Crippen LogP contribution is 2.34. The van der Waals surface area contributed by atoms with Crippen molar-refractivity contribution < 1.29 is 13.2 Å². The van der Waals surface area contributed by atoms with Crippen LogP contribution in [0.5, 0.6) is 0 Å². The Labute approximate surface area is 60.6 Å². The molecule has 0 amide bonds. The molecule has 1 atom stereocenters. The van der Waals surface area contributed by atoms with Gasteiger partial charge >= 0.3 is 0 Å². The first-order chi connectivity index (χ1) is 4.58. The maximum Gasteiger partial charge on any atom is 0.210 e. The van der Waals surface area contributed by atoms with E-state index < -0.39 is 14.8 Å². The van der Waals surface area contributed by atoms with E-state index in [0.29, 0.717) is 0 Å². The number of ether oxygens (including phenoxy) is 1. The molecule has 0 unspecified atom stereocenters. The van der Waals surface area contributed by atoms with Crippen molar-refractivity contribution in [1.29, 1.82) is 0 Å². The fourth-order valence-electron chi connectivity index (χ4n) is 0.740. The first-order valence-corrected chi connectivity index (χ1v) is 4.73. The summed E-state index contributed by atoms with van der Waals surface area (Å²) in [5.74, 6) is 0.110. The summed E-state index contributed by atoms with van der Waals surface area (Å²) < 4.78 is 27.0. The van der Waals surface area contributed by atoms with Crippen LogP contribution in [0.2, 0.25) is 0 Å². The molecule has 0 aromatic rings. The molecule has 0 aliphatic carbocycles. The lowest BCUT2D eigenvalue weighted by molar-refractivity contribution is 0.405. The van der Waals surface area contributed by atoms with Gasteiger partial charge in [-0.1, -0.05) is 13.5 Å². The number of sulfone groups is 1. The van der Waals surface area contributed by atoms with Gasteiger partial charge in [-0.15, -0.1) is 0 Å². The lowest BCUT2D eigenvalue weighted by Gasteiger charge is -2.03. The molecule has 0 saturated carbocycles. The number of epoxide rings is 1. The van der Waals surface area contributed by atoms with E-state index in [4.69, 9.17) is 4.74 Å². The van der Waals surface area contributed by atoms with Gasteiger partial charge in [0.1, 0.15) is 0 Å². The molecule has 0 bridgehead atoms. The quantitative estimate of drug-likeness (QED) is 0.444. The summed E-state index contributed by atoms with van der Waals surface area (Å²) in [4.78, 5) is -1.03. The monoisotopic (exact) mass is 162 g/mol. The molecule has 1 rings (SSSR count). The van der Waals surface area contributed by atoms with Crippen LogP contribution in [0.15, 0.2) is 12.7 Å². The second-order valence-corrected chi connectivity index (χ2v) is 4.71. The van der Waals surface area contributed by atoms with E-state index in [9.17, 15) is 8.42 Å². The first kappa shape index (κ1) is 7.75. The molecule has 1 aliphatic rings. The fraction of sp³-hybridized carbons (Fsp3) is 0.667. The molecule has 0 aromatic carbocycles. The number of hydrogen-bond acceptors (Lipinski definition) is 3. The highest BCUT2D eigenvalue weighted by molar-refractivity contribution is 7.93. The maximum absolute atomic E-state index is 11.1. The molecular formula is C6H10O3S. The van der Waals surface area contributed by atoms with Gasteiger partial charge in [0.15, 0.2) is 9.84 Å². The van der Waals surface area contributed by atoms with Crippen LogP contribution in [0.25, 0.3) is 0 Å². The minimum absolute atomic E-state index is 0.110. The molecule has 0 aromatic heterocycles. The summed E-state index contributed by atoms with van der Waals surface area (Å²) in [6.07, 6.45) is 1.35. The Hall–Kier alpha value is -0.350.